The molecule has 0 saturated carbocycles. The van der Waals surface area contributed by atoms with Crippen molar-refractivity contribution in [1.29, 1.82) is 0 Å². The fourth-order valence-corrected chi connectivity index (χ4v) is 2.93. The standard InChI is InChI=1S/C15H20NO/c1-16(2)14-8-13(9-15(16)11-17-10-14)12-6-4-3-5-7-12/h3-8,14-15H,9-11H2,1-2H3/q+1/t14-,15-/m1/s1. The first-order valence-electron chi connectivity index (χ1n) is 6.35. The van der Waals surface area contributed by atoms with Gasteiger partial charge in [0.15, 0.2) is 0 Å². The molecule has 1 aromatic carbocycles. The molecular weight excluding hydrogens is 210 g/mol. The zero-order valence-electron chi connectivity index (χ0n) is 10.6. The summed E-state index contributed by atoms with van der Waals surface area (Å²) in [6, 6.07) is 11.9. The quantitative estimate of drug-likeness (QED) is 0.673. The molecule has 0 unspecified atom stereocenters. The molecule has 0 radical (unpaired) electrons. The molecular formula is C15H20NO+. The van der Waals surface area contributed by atoms with Gasteiger partial charge in [0, 0.05) is 6.42 Å². The molecule has 2 bridgehead atoms. The molecule has 0 aromatic heterocycles. The van der Waals surface area contributed by atoms with Gasteiger partial charge in [-0.05, 0) is 17.2 Å². The number of morpholine rings is 1. The van der Waals surface area contributed by atoms with Crippen molar-refractivity contribution in [1.82, 2.24) is 0 Å². The molecule has 1 fully saturated rings. The van der Waals surface area contributed by atoms with E-state index in [0.717, 1.165) is 24.1 Å². The zero-order chi connectivity index (χ0) is 11.9. The minimum atomic E-state index is 0.512. The number of benzene rings is 1. The first-order valence-corrected chi connectivity index (χ1v) is 6.35. The second kappa shape index (κ2) is 3.97. The topological polar surface area (TPSA) is 9.23 Å². The molecule has 0 aliphatic carbocycles. The molecule has 0 amide bonds. The Balaban J connectivity index is 1.97. The van der Waals surface area contributed by atoms with Gasteiger partial charge in [-0.1, -0.05) is 30.3 Å². The molecule has 2 atom stereocenters. The van der Waals surface area contributed by atoms with Crippen LogP contribution in [0.5, 0.6) is 0 Å². The summed E-state index contributed by atoms with van der Waals surface area (Å²) in [6.45, 7) is 1.76. The van der Waals surface area contributed by atoms with Crippen molar-refractivity contribution in [2.24, 2.45) is 0 Å². The van der Waals surface area contributed by atoms with E-state index in [1.165, 1.54) is 11.1 Å². The van der Waals surface area contributed by atoms with Crippen LogP contribution in [0.2, 0.25) is 0 Å². The Morgan fingerprint density at radius 3 is 2.59 bits per heavy atom. The van der Waals surface area contributed by atoms with Crippen LogP contribution in [0.25, 0.3) is 5.57 Å². The smallest absolute Gasteiger partial charge is 0.132 e. The van der Waals surface area contributed by atoms with Gasteiger partial charge in [0.05, 0.1) is 20.7 Å². The number of quaternary nitrogens is 1. The Morgan fingerprint density at radius 2 is 1.88 bits per heavy atom. The lowest BCUT2D eigenvalue weighted by Crippen LogP contribution is -2.63. The predicted octanol–water partition coefficient (Wildman–Crippen LogP) is 2.32. The van der Waals surface area contributed by atoms with Crippen molar-refractivity contribution in [3.8, 4) is 0 Å². The minimum absolute atomic E-state index is 0.512. The van der Waals surface area contributed by atoms with Gasteiger partial charge in [-0.25, -0.2) is 0 Å². The average Bonchev–Trinajstić information content (AvgIpc) is 2.28. The monoisotopic (exact) mass is 230 g/mol. The molecule has 2 heterocycles. The molecule has 3 rings (SSSR count). The van der Waals surface area contributed by atoms with Crippen molar-refractivity contribution in [3.05, 3.63) is 42.0 Å². The minimum Gasteiger partial charge on any atom is -0.369 e. The van der Waals surface area contributed by atoms with Crippen molar-refractivity contribution >= 4 is 5.57 Å². The second-order valence-corrected chi connectivity index (χ2v) is 5.65. The van der Waals surface area contributed by atoms with Gasteiger partial charge in [-0.2, -0.15) is 0 Å². The Hall–Kier alpha value is -1.12. The van der Waals surface area contributed by atoms with Crippen LogP contribution in [-0.2, 0) is 4.74 Å². The van der Waals surface area contributed by atoms with E-state index in [-0.39, 0.29) is 0 Å². The molecule has 0 N–H and O–H groups in total. The third-order valence-corrected chi connectivity index (χ3v) is 4.39. The summed E-state index contributed by atoms with van der Waals surface area (Å²) in [5, 5.41) is 0. The van der Waals surface area contributed by atoms with E-state index < -0.39 is 0 Å². The Labute approximate surface area is 103 Å². The number of hydrogen-bond acceptors (Lipinski definition) is 1. The molecule has 2 aliphatic heterocycles. The van der Waals surface area contributed by atoms with E-state index in [0.29, 0.717) is 12.1 Å². The largest absolute Gasteiger partial charge is 0.369 e. The van der Waals surface area contributed by atoms with Crippen LogP contribution in [0.15, 0.2) is 36.4 Å². The van der Waals surface area contributed by atoms with Crippen LogP contribution in [0.1, 0.15) is 12.0 Å². The molecule has 0 spiro atoms. The summed E-state index contributed by atoms with van der Waals surface area (Å²) in [4.78, 5) is 0. The highest BCUT2D eigenvalue weighted by Gasteiger charge is 2.43. The average molecular weight is 230 g/mol. The number of fused-ring (bicyclic) bond motifs is 2. The van der Waals surface area contributed by atoms with Crippen molar-refractivity contribution in [2.75, 3.05) is 27.3 Å². The maximum absolute atomic E-state index is 5.70. The van der Waals surface area contributed by atoms with E-state index in [1.54, 1.807) is 0 Å². The zero-order valence-corrected chi connectivity index (χ0v) is 10.6. The third-order valence-electron chi connectivity index (χ3n) is 4.39. The molecule has 1 aromatic rings. The van der Waals surface area contributed by atoms with Crippen LogP contribution < -0.4 is 0 Å². The van der Waals surface area contributed by atoms with Crippen molar-refractivity contribution in [3.63, 3.8) is 0 Å². The van der Waals surface area contributed by atoms with Gasteiger partial charge in [0.2, 0.25) is 0 Å². The van der Waals surface area contributed by atoms with Crippen LogP contribution in [-0.4, -0.2) is 43.9 Å². The molecule has 2 nitrogen and oxygen atoms in total. The number of nitrogens with zero attached hydrogens (tertiary/aromatic N) is 1. The SMILES string of the molecule is C[N+]1(C)[C@H]2COC[C@H]1C=C(c1ccccc1)C2. The number of hydrogen-bond donors (Lipinski definition) is 0. The van der Waals surface area contributed by atoms with Crippen LogP contribution >= 0.6 is 0 Å². The predicted molar refractivity (Wildman–Crippen MR) is 69.5 cm³/mol. The Bertz CT molecular complexity index is 435. The Kier molecular flexibility index (Phi) is 2.57. The van der Waals surface area contributed by atoms with E-state index in [2.05, 4.69) is 50.5 Å². The normalized spacial score (nSPS) is 30.8. The van der Waals surface area contributed by atoms with Gasteiger partial charge in [0.25, 0.3) is 0 Å². The van der Waals surface area contributed by atoms with E-state index >= 15 is 0 Å². The summed E-state index contributed by atoms with van der Waals surface area (Å²) in [5.74, 6) is 0. The van der Waals surface area contributed by atoms with Gasteiger partial charge in [0.1, 0.15) is 18.7 Å². The van der Waals surface area contributed by atoms with Crippen LogP contribution in [0, 0.1) is 0 Å². The summed E-state index contributed by atoms with van der Waals surface area (Å²) in [6.07, 6.45) is 3.55. The van der Waals surface area contributed by atoms with E-state index in [9.17, 15) is 0 Å². The molecule has 2 heteroatoms. The van der Waals surface area contributed by atoms with E-state index in [4.69, 9.17) is 4.74 Å². The lowest BCUT2D eigenvalue weighted by molar-refractivity contribution is -0.941. The van der Waals surface area contributed by atoms with Gasteiger partial charge in [-0.3, -0.25) is 0 Å². The van der Waals surface area contributed by atoms with E-state index in [1.807, 2.05) is 0 Å². The first kappa shape index (κ1) is 11.0. The highest BCUT2D eigenvalue weighted by Crippen LogP contribution is 2.35. The molecule has 90 valence electrons. The summed E-state index contributed by atoms with van der Waals surface area (Å²) in [5.41, 5.74) is 2.88. The number of ether oxygens (including phenoxy) is 1. The summed E-state index contributed by atoms with van der Waals surface area (Å²) in [7, 11) is 4.66. The third kappa shape index (κ3) is 1.81. The maximum atomic E-state index is 5.70. The first-order chi connectivity index (χ1) is 8.18. The van der Waals surface area contributed by atoms with Crippen LogP contribution in [0.3, 0.4) is 0 Å². The lowest BCUT2D eigenvalue weighted by Gasteiger charge is -2.49. The van der Waals surface area contributed by atoms with Gasteiger partial charge >= 0.3 is 0 Å². The number of rotatable bonds is 1. The van der Waals surface area contributed by atoms with Crippen LogP contribution in [0.4, 0.5) is 0 Å². The van der Waals surface area contributed by atoms with Crippen molar-refractivity contribution < 1.29 is 9.22 Å². The fourth-order valence-electron chi connectivity index (χ4n) is 2.93. The number of likely N-dealkylation sites (N-methyl/N-ethyl adjacent to an activating group) is 1. The summed E-state index contributed by atoms with van der Waals surface area (Å²) >= 11 is 0. The van der Waals surface area contributed by atoms with Gasteiger partial charge < -0.3 is 9.22 Å². The highest BCUT2D eigenvalue weighted by atomic mass is 16.5. The molecule has 2 aliphatic rings. The Morgan fingerprint density at radius 1 is 1.12 bits per heavy atom. The van der Waals surface area contributed by atoms with Gasteiger partial charge in [-0.15, -0.1) is 0 Å². The second-order valence-electron chi connectivity index (χ2n) is 5.65. The highest BCUT2D eigenvalue weighted by molar-refractivity contribution is 5.67. The molecule has 17 heavy (non-hydrogen) atoms. The summed E-state index contributed by atoms with van der Waals surface area (Å²) < 4.78 is 6.78. The molecule has 1 saturated heterocycles. The fraction of sp³-hybridized carbons (Fsp3) is 0.467. The maximum Gasteiger partial charge on any atom is 0.132 e. The van der Waals surface area contributed by atoms with Crippen molar-refractivity contribution in [2.45, 2.75) is 18.5 Å². The lowest BCUT2D eigenvalue weighted by atomic mass is 9.88.